The predicted octanol–water partition coefficient (Wildman–Crippen LogP) is 3.08. The number of rotatable bonds is 11. The molecule has 0 aromatic rings. The number of Topliss-reactive ketones (excluding diaryl/α,β-unsaturated/α-hetero) is 2. The molecule has 0 heterocycles. The molecular weight excluding hydrogens is 276 g/mol. The summed E-state index contributed by atoms with van der Waals surface area (Å²) in [5.74, 6) is 0.275. The Morgan fingerprint density at radius 3 is 2.00 bits per heavy atom. The summed E-state index contributed by atoms with van der Waals surface area (Å²) in [6, 6.07) is -0.292. The Labute approximate surface area is 136 Å². The van der Waals surface area contributed by atoms with Crippen LogP contribution in [-0.4, -0.2) is 29.7 Å². The van der Waals surface area contributed by atoms with Crippen LogP contribution in [0.25, 0.3) is 0 Å². The largest absolute Gasteiger partial charge is 0.330 e. The van der Waals surface area contributed by atoms with Crippen molar-refractivity contribution < 1.29 is 9.59 Å². The topological polar surface area (TPSA) is 72.2 Å². The van der Waals surface area contributed by atoms with Crippen molar-refractivity contribution in [2.45, 2.75) is 85.7 Å². The lowest BCUT2D eigenvalue weighted by molar-refractivity contribution is -0.132. The van der Waals surface area contributed by atoms with Gasteiger partial charge in [-0.3, -0.25) is 14.9 Å². The lowest BCUT2D eigenvalue weighted by Crippen LogP contribution is -2.57. The van der Waals surface area contributed by atoms with E-state index in [0.29, 0.717) is 6.54 Å². The SMILES string of the molecule is CCC(C)(C)C(=O)C(CCCCN)NC(C)(C)C(=O)C(C)C. The van der Waals surface area contributed by atoms with Gasteiger partial charge >= 0.3 is 0 Å². The minimum Gasteiger partial charge on any atom is -0.330 e. The summed E-state index contributed by atoms with van der Waals surface area (Å²) >= 11 is 0. The summed E-state index contributed by atoms with van der Waals surface area (Å²) in [6.45, 7) is 14.1. The molecule has 22 heavy (non-hydrogen) atoms. The summed E-state index contributed by atoms with van der Waals surface area (Å²) < 4.78 is 0. The number of carbonyl (C=O) groups is 2. The van der Waals surface area contributed by atoms with Gasteiger partial charge in [0.1, 0.15) is 0 Å². The quantitative estimate of drug-likeness (QED) is 0.575. The first kappa shape index (κ1) is 21.3. The molecule has 0 bridgehead atoms. The molecule has 0 aliphatic rings. The lowest BCUT2D eigenvalue weighted by Gasteiger charge is -2.35. The number of carbonyl (C=O) groups excluding carboxylic acids is 2. The number of hydrogen-bond donors (Lipinski definition) is 2. The first-order valence-corrected chi connectivity index (χ1v) is 8.56. The second-order valence-electron chi connectivity index (χ2n) is 7.73. The average Bonchev–Trinajstić information content (AvgIpc) is 2.44. The van der Waals surface area contributed by atoms with Gasteiger partial charge < -0.3 is 5.73 Å². The van der Waals surface area contributed by atoms with E-state index in [0.717, 1.165) is 25.7 Å². The van der Waals surface area contributed by atoms with Crippen LogP contribution >= 0.6 is 0 Å². The minimum absolute atomic E-state index is 0.0542. The van der Waals surface area contributed by atoms with Gasteiger partial charge in [0.15, 0.2) is 11.6 Å². The summed E-state index contributed by atoms with van der Waals surface area (Å²) in [7, 11) is 0. The van der Waals surface area contributed by atoms with E-state index in [2.05, 4.69) is 5.32 Å². The Bertz CT molecular complexity index is 373. The second kappa shape index (κ2) is 8.78. The van der Waals surface area contributed by atoms with Crippen molar-refractivity contribution in [1.29, 1.82) is 0 Å². The number of nitrogens with two attached hydrogens (primary N) is 1. The maximum Gasteiger partial charge on any atom is 0.155 e. The fraction of sp³-hybridized carbons (Fsp3) is 0.889. The third-order valence-electron chi connectivity index (χ3n) is 4.49. The van der Waals surface area contributed by atoms with E-state index in [1.54, 1.807) is 0 Å². The van der Waals surface area contributed by atoms with Crippen molar-refractivity contribution in [3.8, 4) is 0 Å². The molecule has 0 amide bonds. The van der Waals surface area contributed by atoms with Crippen LogP contribution in [0.1, 0.15) is 74.1 Å². The van der Waals surface area contributed by atoms with E-state index in [9.17, 15) is 9.59 Å². The Morgan fingerprint density at radius 2 is 1.59 bits per heavy atom. The molecule has 0 saturated heterocycles. The summed E-state index contributed by atoms with van der Waals surface area (Å²) in [4.78, 5) is 25.2. The average molecular weight is 312 g/mol. The van der Waals surface area contributed by atoms with Crippen LogP contribution in [-0.2, 0) is 9.59 Å². The molecule has 0 aromatic heterocycles. The van der Waals surface area contributed by atoms with Crippen LogP contribution in [0.2, 0.25) is 0 Å². The molecule has 0 spiro atoms. The zero-order chi connectivity index (χ0) is 17.6. The lowest BCUT2D eigenvalue weighted by atomic mass is 9.79. The Balaban J connectivity index is 5.16. The molecule has 1 unspecified atom stereocenters. The van der Waals surface area contributed by atoms with Crippen LogP contribution < -0.4 is 11.1 Å². The zero-order valence-corrected chi connectivity index (χ0v) is 15.6. The summed E-state index contributed by atoms with van der Waals surface area (Å²) in [5.41, 5.74) is 4.49. The van der Waals surface area contributed by atoms with Crippen LogP contribution in [0.3, 0.4) is 0 Å². The number of ketones is 2. The van der Waals surface area contributed by atoms with Gasteiger partial charge in [0.05, 0.1) is 11.6 Å². The highest BCUT2D eigenvalue weighted by molar-refractivity contribution is 5.92. The van der Waals surface area contributed by atoms with Crippen molar-refractivity contribution in [3.63, 3.8) is 0 Å². The third kappa shape index (κ3) is 6.17. The van der Waals surface area contributed by atoms with E-state index < -0.39 is 5.54 Å². The van der Waals surface area contributed by atoms with Gasteiger partial charge in [-0.05, 0) is 39.7 Å². The van der Waals surface area contributed by atoms with Gasteiger partial charge in [-0.2, -0.15) is 0 Å². The van der Waals surface area contributed by atoms with Crippen LogP contribution in [0.5, 0.6) is 0 Å². The molecule has 0 fully saturated rings. The van der Waals surface area contributed by atoms with Crippen molar-refractivity contribution in [2.24, 2.45) is 17.1 Å². The molecule has 4 heteroatoms. The van der Waals surface area contributed by atoms with E-state index in [-0.39, 0.29) is 28.9 Å². The first-order valence-electron chi connectivity index (χ1n) is 8.56. The monoisotopic (exact) mass is 312 g/mol. The van der Waals surface area contributed by atoms with Crippen molar-refractivity contribution >= 4 is 11.6 Å². The standard InChI is InChI=1S/C18H36N2O2/c1-8-17(4,5)16(22)14(11-9-10-12-19)20-18(6,7)15(21)13(2)3/h13-14,20H,8-12,19H2,1-7H3. The van der Waals surface area contributed by atoms with E-state index in [1.807, 2.05) is 48.5 Å². The molecule has 0 saturated carbocycles. The Hall–Kier alpha value is -0.740. The maximum absolute atomic E-state index is 12.9. The zero-order valence-electron chi connectivity index (χ0n) is 15.6. The van der Waals surface area contributed by atoms with Crippen molar-refractivity contribution in [1.82, 2.24) is 5.32 Å². The van der Waals surface area contributed by atoms with Gasteiger partial charge in [-0.1, -0.05) is 41.0 Å². The third-order valence-corrected chi connectivity index (χ3v) is 4.49. The van der Waals surface area contributed by atoms with Crippen molar-refractivity contribution in [2.75, 3.05) is 6.54 Å². The van der Waals surface area contributed by atoms with Gasteiger partial charge in [0, 0.05) is 11.3 Å². The van der Waals surface area contributed by atoms with Crippen LogP contribution in [0.4, 0.5) is 0 Å². The molecule has 0 radical (unpaired) electrons. The maximum atomic E-state index is 12.9. The van der Waals surface area contributed by atoms with Gasteiger partial charge in [0.2, 0.25) is 0 Å². The van der Waals surface area contributed by atoms with E-state index >= 15 is 0 Å². The molecule has 0 aliphatic carbocycles. The highest BCUT2D eigenvalue weighted by Gasteiger charge is 2.37. The van der Waals surface area contributed by atoms with Gasteiger partial charge in [0.25, 0.3) is 0 Å². The fourth-order valence-electron chi connectivity index (χ4n) is 2.64. The summed E-state index contributed by atoms with van der Waals surface area (Å²) in [6.07, 6.45) is 3.32. The Kier molecular flexibility index (Phi) is 8.48. The molecule has 1 atom stereocenters. The van der Waals surface area contributed by atoms with Gasteiger partial charge in [-0.25, -0.2) is 0 Å². The van der Waals surface area contributed by atoms with Gasteiger partial charge in [-0.15, -0.1) is 0 Å². The molecular formula is C18H36N2O2. The minimum atomic E-state index is -0.693. The molecule has 0 aromatic carbocycles. The van der Waals surface area contributed by atoms with Crippen LogP contribution in [0, 0.1) is 11.3 Å². The molecule has 0 rings (SSSR count). The second-order valence-corrected chi connectivity index (χ2v) is 7.73. The predicted molar refractivity (Wildman–Crippen MR) is 92.8 cm³/mol. The first-order chi connectivity index (χ1) is 9.99. The number of hydrogen-bond acceptors (Lipinski definition) is 4. The highest BCUT2D eigenvalue weighted by Crippen LogP contribution is 2.26. The number of unbranched alkanes of at least 4 members (excludes halogenated alkanes) is 1. The van der Waals surface area contributed by atoms with Crippen molar-refractivity contribution in [3.05, 3.63) is 0 Å². The summed E-state index contributed by atoms with van der Waals surface area (Å²) in [5, 5.41) is 3.33. The van der Waals surface area contributed by atoms with Crippen LogP contribution in [0.15, 0.2) is 0 Å². The highest BCUT2D eigenvalue weighted by atomic mass is 16.1. The van der Waals surface area contributed by atoms with E-state index in [1.165, 1.54) is 0 Å². The molecule has 4 nitrogen and oxygen atoms in total. The molecule has 130 valence electrons. The number of nitrogens with one attached hydrogen (secondary N) is 1. The Morgan fingerprint density at radius 1 is 1.05 bits per heavy atom. The van der Waals surface area contributed by atoms with E-state index in [4.69, 9.17) is 5.73 Å². The fourth-order valence-corrected chi connectivity index (χ4v) is 2.64. The normalized spacial score (nSPS) is 14.2. The molecule has 3 N–H and O–H groups in total. The smallest absolute Gasteiger partial charge is 0.155 e. The molecule has 0 aliphatic heterocycles.